The molecule has 0 amide bonds. The SMILES string of the molecule is CCCc1c(C)c2cc(CC)c(O)cc2oc1=O. The molecule has 3 heteroatoms. The second kappa shape index (κ2) is 4.84. The highest BCUT2D eigenvalue weighted by Crippen LogP contribution is 2.28. The topological polar surface area (TPSA) is 50.4 Å². The molecule has 0 spiro atoms. The predicted octanol–water partition coefficient (Wildman–Crippen LogP) is 3.32. The average Bonchev–Trinajstić information content (AvgIpc) is 2.34. The number of rotatable bonds is 3. The summed E-state index contributed by atoms with van der Waals surface area (Å²) in [4.78, 5) is 11.9. The Morgan fingerprint density at radius 1 is 1.28 bits per heavy atom. The summed E-state index contributed by atoms with van der Waals surface area (Å²) in [5.41, 5.74) is 2.77. The summed E-state index contributed by atoms with van der Waals surface area (Å²) in [5.74, 6) is 0.191. The number of hydrogen-bond acceptors (Lipinski definition) is 3. The fraction of sp³-hybridized carbons (Fsp3) is 0.400. The van der Waals surface area contributed by atoms with Crippen LogP contribution in [0.2, 0.25) is 0 Å². The van der Waals surface area contributed by atoms with E-state index in [9.17, 15) is 9.90 Å². The van der Waals surface area contributed by atoms with Crippen molar-refractivity contribution in [2.45, 2.75) is 40.0 Å². The van der Waals surface area contributed by atoms with Gasteiger partial charge in [-0.25, -0.2) is 4.79 Å². The van der Waals surface area contributed by atoms with Crippen LogP contribution in [0.5, 0.6) is 5.75 Å². The molecule has 0 saturated carbocycles. The molecule has 96 valence electrons. The third-order valence-corrected chi connectivity index (χ3v) is 3.37. The van der Waals surface area contributed by atoms with Crippen molar-refractivity contribution in [2.24, 2.45) is 0 Å². The predicted molar refractivity (Wildman–Crippen MR) is 72.3 cm³/mol. The van der Waals surface area contributed by atoms with Crippen LogP contribution < -0.4 is 5.63 Å². The van der Waals surface area contributed by atoms with Crippen molar-refractivity contribution in [3.63, 3.8) is 0 Å². The van der Waals surface area contributed by atoms with E-state index in [2.05, 4.69) is 0 Å². The molecule has 0 aliphatic heterocycles. The molecule has 18 heavy (non-hydrogen) atoms. The Morgan fingerprint density at radius 3 is 2.61 bits per heavy atom. The molecule has 0 unspecified atom stereocenters. The molecule has 0 aliphatic rings. The van der Waals surface area contributed by atoms with Gasteiger partial charge in [0.2, 0.25) is 0 Å². The lowest BCUT2D eigenvalue weighted by atomic mass is 10.00. The minimum atomic E-state index is -0.287. The van der Waals surface area contributed by atoms with E-state index in [-0.39, 0.29) is 11.4 Å². The summed E-state index contributed by atoms with van der Waals surface area (Å²) in [6.07, 6.45) is 2.39. The zero-order valence-electron chi connectivity index (χ0n) is 11.0. The maximum atomic E-state index is 11.9. The van der Waals surface area contributed by atoms with Gasteiger partial charge in [-0.05, 0) is 37.0 Å². The molecule has 1 N–H and O–H groups in total. The van der Waals surface area contributed by atoms with Gasteiger partial charge in [0.15, 0.2) is 0 Å². The highest BCUT2D eigenvalue weighted by molar-refractivity contribution is 5.83. The largest absolute Gasteiger partial charge is 0.508 e. The van der Waals surface area contributed by atoms with Gasteiger partial charge in [0.1, 0.15) is 11.3 Å². The Hall–Kier alpha value is -1.77. The monoisotopic (exact) mass is 246 g/mol. The maximum absolute atomic E-state index is 11.9. The molecule has 2 rings (SSSR count). The highest BCUT2D eigenvalue weighted by Gasteiger charge is 2.12. The van der Waals surface area contributed by atoms with Crippen molar-refractivity contribution in [2.75, 3.05) is 0 Å². The van der Waals surface area contributed by atoms with Crippen LogP contribution >= 0.6 is 0 Å². The number of benzene rings is 1. The molecule has 1 aromatic carbocycles. The van der Waals surface area contributed by atoms with Crippen molar-refractivity contribution in [1.29, 1.82) is 0 Å². The van der Waals surface area contributed by atoms with E-state index in [1.54, 1.807) is 0 Å². The van der Waals surface area contributed by atoms with Crippen LogP contribution in [0.3, 0.4) is 0 Å². The van der Waals surface area contributed by atoms with Crippen molar-refractivity contribution in [3.8, 4) is 5.75 Å². The molecule has 0 saturated heterocycles. The van der Waals surface area contributed by atoms with Crippen molar-refractivity contribution < 1.29 is 9.52 Å². The molecule has 2 aromatic rings. The quantitative estimate of drug-likeness (QED) is 0.845. The van der Waals surface area contributed by atoms with Crippen molar-refractivity contribution in [3.05, 3.63) is 39.2 Å². The number of hydrogen-bond donors (Lipinski definition) is 1. The normalized spacial score (nSPS) is 11.1. The van der Waals surface area contributed by atoms with E-state index in [0.29, 0.717) is 5.58 Å². The number of phenols is 1. The summed E-state index contributed by atoms with van der Waals surface area (Å²) < 4.78 is 5.29. The second-order valence-electron chi connectivity index (χ2n) is 4.57. The summed E-state index contributed by atoms with van der Waals surface area (Å²) in [6.45, 7) is 5.97. The Bertz CT molecular complexity index is 638. The first-order valence-electron chi connectivity index (χ1n) is 6.36. The Balaban J connectivity index is 2.79. The van der Waals surface area contributed by atoms with E-state index in [0.717, 1.165) is 41.3 Å². The minimum absolute atomic E-state index is 0.191. The number of phenolic OH excluding ortho intramolecular Hbond substituents is 1. The zero-order valence-corrected chi connectivity index (χ0v) is 11.0. The lowest BCUT2D eigenvalue weighted by Gasteiger charge is -2.09. The number of fused-ring (bicyclic) bond motifs is 1. The van der Waals surface area contributed by atoms with Crippen LogP contribution in [0.4, 0.5) is 0 Å². The first kappa shape index (κ1) is 12.7. The van der Waals surface area contributed by atoms with Gasteiger partial charge in [-0.3, -0.25) is 0 Å². The Morgan fingerprint density at radius 2 is 2.00 bits per heavy atom. The summed E-state index contributed by atoms with van der Waals surface area (Å²) in [5, 5.41) is 10.7. The molecule has 1 aromatic heterocycles. The smallest absolute Gasteiger partial charge is 0.339 e. The molecule has 1 heterocycles. The van der Waals surface area contributed by atoms with E-state index in [1.807, 2.05) is 26.8 Å². The van der Waals surface area contributed by atoms with E-state index in [4.69, 9.17) is 4.42 Å². The minimum Gasteiger partial charge on any atom is -0.508 e. The van der Waals surface area contributed by atoms with Crippen LogP contribution in [0.1, 0.15) is 37.0 Å². The molecule has 3 nitrogen and oxygen atoms in total. The van der Waals surface area contributed by atoms with Gasteiger partial charge in [-0.1, -0.05) is 20.3 Å². The highest BCUT2D eigenvalue weighted by atomic mass is 16.4. The van der Waals surface area contributed by atoms with Crippen LogP contribution in [-0.2, 0) is 12.8 Å². The van der Waals surface area contributed by atoms with E-state index >= 15 is 0 Å². The van der Waals surface area contributed by atoms with Crippen LogP contribution in [0, 0.1) is 6.92 Å². The maximum Gasteiger partial charge on any atom is 0.339 e. The molecular weight excluding hydrogens is 228 g/mol. The third kappa shape index (κ3) is 2.01. The van der Waals surface area contributed by atoms with Crippen LogP contribution in [-0.4, -0.2) is 5.11 Å². The molecular formula is C15H18O3. The fourth-order valence-corrected chi connectivity index (χ4v) is 2.29. The first-order chi connectivity index (χ1) is 8.58. The van der Waals surface area contributed by atoms with Gasteiger partial charge in [0.25, 0.3) is 0 Å². The zero-order chi connectivity index (χ0) is 13.3. The molecule has 0 atom stereocenters. The lowest BCUT2D eigenvalue weighted by molar-refractivity contribution is 0.466. The molecule has 0 fully saturated rings. The van der Waals surface area contributed by atoms with Crippen molar-refractivity contribution >= 4 is 11.0 Å². The molecule has 0 bridgehead atoms. The van der Waals surface area contributed by atoms with Gasteiger partial charge in [0, 0.05) is 17.0 Å². The van der Waals surface area contributed by atoms with Gasteiger partial charge >= 0.3 is 5.63 Å². The van der Waals surface area contributed by atoms with Gasteiger partial charge in [-0.2, -0.15) is 0 Å². The average molecular weight is 246 g/mol. The first-order valence-corrected chi connectivity index (χ1v) is 6.36. The molecule has 0 aliphatic carbocycles. The van der Waals surface area contributed by atoms with Gasteiger partial charge in [-0.15, -0.1) is 0 Å². The van der Waals surface area contributed by atoms with Gasteiger partial charge < -0.3 is 9.52 Å². The second-order valence-corrected chi connectivity index (χ2v) is 4.57. The van der Waals surface area contributed by atoms with E-state index < -0.39 is 0 Å². The molecule has 0 radical (unpaired) electrons. The Labute approximate surface area is 106 Å². The number of aryl methyl sites for hydroxylation is 2. The number of aromatic hydroxyl groups is 1. The summed E-state index contributed by atoms with van der Waals surface area (Å²) in [7, 11) is 0. The fourth-order valence-electron chi connectivity index (χ4n) is 2.29. The van der Waals surface area contributed by atoms with Gasteiger partial charge in [0.05, 0.1) is 0 Å². The summed E-state index contributed by atoms with van der Waals surface area (Å²) >= 11 is 0. The Kier molecular flexibility index (Phi) is 3.41. The van der Waals surface area contributed by atoms with Crippen molar-refractivity contribution in [1.82, 2.24) is 0 Å². The standard InChI is InChI=1S/C15H18O3/c1-4-6-11-9(3)12-7-10(5-2)13(16)8-14(12)18-15(11)17/h7-8,16H,4-6H2,1-3H3. The summed E-state index contributed by atoms with van der Waals surface area (Å²) in [6, 6.07) is 3.46. The lowest BCUT2D eigenvalue weighted by Crippen LogP contribution is -2.10. The van der Waals surface area contributed by atoms with E-state index in [1.165, 1.54) is 6.07 Å². The third-order valence-electron chi connectivity index (χ3n) is 3.37. The van der Waals surface area contributed by atoms with Crippen LogP contribution in [0.25, 0.3) is 11.0 Å². The van der Waals surface area contributed by atoms with Crippen LogP contribution in [0.15, 0.2) is 21.3 Å².